The molecule has 4 atom stereocenters. The lowest BCUT2D eigenvalue weighted by Gasteiger charge is -2.36. The fourth-order valence-corrected chi connectivity index (χ4v) is 6.25. The molecule has 2 amide bonds. The van der Waals surface area contributed by atoms with Gasteiger partial charge in [0, 0.05) is 5.69 Å². The van der Waals surface area contributed by atoms with E-state index in [1.165, 1.54) is 9.58 Å². The molecule has 4 aromatic rings. The number of benzene rings is 3. The van der Waals surface area contributed by atoms with Crippen LogP contribution in [0.5, 0.6) is 0 Å². The van der Waals surface area contributed by atoms with Gasteiger partial charge >= 0.3 is 0 Å². The zero-order valence-corrected chi connectivity index (χ0v) is 20.3. The number of hydrogen-bond acceptors (Lipinski definition) is 6. The van der Waals surface area contributed by atoms with Crippen LogP contribution in [0.4, 0.5) is 11.4 Å². The molecule has 0 N–H and O–H groups in total. The average Bonchev–Trinajstić information content (AvgIpc) is 3.55. The predicted molar refractivity (Wildman–Crippen MR) is 139 cm³/mol. The Balaban J connectivity index is 1.40. The standard InChI is InChI=1S/C29H23N5O3/c1-16-11-13-20(17(2)15-16)33-27(35)24-23-14-12-18-7-3-5-9-21(18)32(23)26(25(24)28(33)36)29(37)34-22-10-6-4-8-19(22)30-31-34/h3-15,23-26H,1-2H3/t23-,24-,25-,26+/m1/s1. The van der Waals surface area contributed by atoms with Crippen LogP contribution in [-0.4, -0.2) is 44.8 Å². The number of amides is 2. The SMILES string of the molecule is Cc1ccc(N2C(=O)[C@@H]3[C@H](C2=O)[C@H]2C=Cc4ccccc4N2[C@@H]3C(=O)n2nnc3ccccc32)c(C)c1. The van der Waals surface area contributed by atoms with E-state index in [1.807, 2.05) is 85.5 Å². The number of nitrogens with zero attached hydrogens (tertiary/aromatic N) is 5. The summed E-state index contributed by atoms with van der Waals surface area (Å²) in [6, 6.07) is 19.3. The Morgan fingerprint density at radius 3 is 2.46 bits per heavy atom. The Bertz CT molecular complexity index is 1670. The van der Waals surface area contributed by atoms with E-state index < -0.39 is 23.9 Å². The molecule has 0 radical (unpaired) electrons. The molecule has 1 aromatic heterocycles. The zero-order chi connectivity index (χ0) is 25.4. The number of carbonyl (C=O) groups excluding carboxylic acids is 3. The van der Waals surface area contributed by atoms with Gasteiger partial charge in [0.05, 0.1) is 29.1 Å². The highest BCUT2D eigenvalue weighted by Gasteiger charge is 2.64. The molecule has 2 fully saturated rings. The lowest BCUT2D eigenvalue weighted by atomic mass is 9.88. The first-order valence-corrected chi connectivity index (χ1v) is 12.3. The highest BCUT2D eigenvalue weighted by molar-refractivity contribution is 6.25. The molecular formula is C29H23N5O3. The summed E-state index contributed by atoms with van der Waals surface area (Å²) in [4.78, 5) is 45.5. The average molecular weight is 490 g/mol. The summed E-state index contributed by atoms with van der Waals surface area (Å²) in [6.45, 7) is 3.86. The van der Waals surface area contributed by atoms with E-state index in [4.69, 9.17) is 0 Å². The van der Waals surface area contributed by atoms with Gasteiger partial charge < -0.3 is 4.90 Å². The molecule has 3 aromatic carbocycles. The van der Waals surface area contributed by atoms with Crippen molar-refractivity contribution in [2.75, 3.05) is 9.80 Å². The number of aryl methyl sites for hydroxylation is 2. The molecular weight excluding hydrogens is 466 g/mol. The van der Waals surface area contributed by atoms with Crippen LogP contribution in [0.2, 0.25) is 0 Å². The first-order chi connectivity index (χ1) is 18.0. The van der Waals surface area contributed by atoms with Crippen LogP contribution in [0.25, 0.3) is 17.1 Å². The Hall–Kier alpha value is -4.59. The summed E-state index contributed by atoms with van der Waals surface area (Å²) in [5, 5.41) is 8.31. The topological polar surface area (TPSA) is 88.4 Å². The summed E-state index contributed by atoms with van der Waals surface area (Å²) in [7, 11) is 0. The lowest BCUT2D eigenvalue weighted by Crippen LogP contribution is -2.50. The highest BCUT2D eigenvalue weighted by atomic mass is 16.2. The molecule has 3 aliphatic heterocycles. The Labute approximate surface area is 212 Å². The number of rotatable bonds is 2. The molecule has 0 saturated carbocycles. The van der Waals surface area contributed by atoms with Gasteiger partial charge in [-0.15, -0.1) is 5.10 Å². The van der Waals surface area contributed by atoms with Crippen LogP contribution in [0.3, 0.4) is 0 Å². The Morgan fingerprint density at radius 2 is 1.62 bits per heavy atom. The molecule has 37 heavy (non-hydrogen) atoms. The van der Waals surface area contributed by atoms with Gasteiger partial charge in [-0.2, -0.15) is 4.68 Å². The van der Waals surface area contributed by atoms with Crippen molar-refractivity contribution in [1.29, 1.82) is 0 Å². The van der Waals surface area contributed by atoms with Crippen molar-refractivity contribution in [2.45, 2.75) is 25.9 Å². The second-order valence-corrected chi connectivity index (χ2v) is 9.94. The molecule has 0 unspecified atom stereocenters. The van der Waals surface area contributed by atoms with Crippen molar-refractivity contribution in [1.82, 2.24) is 15.0 Å². The number of anilines is 2. The maximum Gasteiger partial charge on any atom is 0.272 e. The van der Waals surface area contributed by atoms with E-state index >= 15 is 0 Å². The second kappa shape index (κ2) is 7.70. The number of fused-ring (bicyclic) bond motifs is 6. The van der Waals surface area contributed by atoms with Crippen LogP contribution < -0.4 is 9.80 Å². The minimum atomic E-state index is -0.918. The summed E-state index contributed by atoms with van der Waals surface area (Å²) in [6.07, 6.45) is 3.92. The van der Waals surface area contributed by atoms with E-state index in [-0.39, 0.29) is 17.7 Å². The highest BCUT2D eigenvalue weighted by Crippen LogP contribution is 2.49. The summed E-state index contributed by atoms with van der Waals surface area (Å²) in [5.41, 5.74) is 5.37. The minimum Gasteiger partial charge on any atom is -0.351 e. The first-order valence-electron chi connectivity index (χ1n) is 12.3. The molecule has 3 aliphatic rings. The van der Waals surface area contributed by atoms with Crippen molar-refractivity contribution in [3.05, 3.63) is 89.5 Å². The summed E-state index contributed by atoms with van der Waals surface area (Å²) in [5.74, 6) is -2.56. The smallest absolute Gasteiger partial charge is 0.272 e. The maximum absolute atomic E-state index is 14.2. The van der Waals surface area contributed by atoms with Crippen molar-refractivity contribution >= 4 is 46.2 Å². The molecule has 0 bridgehead atoms. The largest absolute Gasteiger partial charge is 0.351 e. The van der Waals surface area contributed by atoms with Gasteiger partial charge in [0.2, 0.25) is 11.8 Å². The third-order valence-electron chi connectivity index (χ3n) is 7.82. The van der Waals surface area contributed by atoms with Gasteiger partial charge in [0.1, 0.15) is 11.6 Å². The third kappa shape index (κ3) is 2.92. The van der Waals surface area contributed by atoms with Gasteiger partial charge in [0.25, 0.3) is 5.91 Å². The molecule has 0 aliphatic carbocycles. The second-order valence-electron chi connectivity index (χ2n) is 9.94. The number of imide groups is 1. The van der Waals surface area contributed by atoms with Gasteiger partial charge in [0.15, 0.2) is 0 Å². The first kappa shape index (κ1) is 21.7. The maximum atomic E-state index is 14.2. The fourth-order valence-electron chi connectivity index (χ4n) is 6.25. The monoisotopic (exact) mass is 489 g/mol. The van der Waals surface area contributed by atoms with Crippen molar-refractivity contribution in [3.63, 3.8) is 0 Å². The van der Waals surface area contributed by atoms with Crippen molar-refractivity contribution in [2.24, 2.45) is 11.8 Å². The van der Waals surface area contributed by atoms with E-state index in [0.29, 0.717) is 16.7 Å². The van der Waals surface area contributed by atoms with Crippen LogP contribution in [0.15, 0.2) is 72.8 Å². The molecule has 8 heteroatoms. The summed E-state index contributed by atoms with van der Waals surface area (Å²) >= 11 is 0. The van der Waals surface area contributed by atoms with Crippen molar-refractivity contribution < 1.29 is 14.4 Å². The van der Waals surface area contributed by atoms with Gasteiger partial charge in [-0.3, -0.25) is 14.4 Å². The lowest BCUT2D eigenvalue weighted by molar-refractivity contribution is -0.122. The normalized spacial score (nSPS) is 23.9. The molecule has 182 valence electrons. The Kier molecular flexibility index (Phi) is 4.51. The third-order valence-corrected chi connectivity index (χ3v) is 7.82. The Morgan fingerprint density at radius 1 is 0.865 bits per heavy atom. The quantitative estimate of drug-likeness (QED) is 0.398. The zero-order valence-electron chi connectivity index (χ0n) is 20.3. The predicted octanol–water partition coefficient (Wildman–Crippen LogP) is 3.78. The van der Waals surface area contributed by atoms with E-state index in [1.54, 1.807) is 12.1 Å². The molecule has 8 nitrogen and oxygen atoms in total. The van der Waals surface area contributed by atoms with Crippen LogP contribution >= 0.6 is 0 Å². The number of carbonyl (C=O) groups is 3. The van der Waals surface area contributed by atoms with Crippen LogP contribution in [0, 0.1) is 25.7 Å². The molecule has 7 rings (SSSR count). The summed E-state index contributed by atoms with van der Waals surface area (Å²) < 4.78 is 1.28. The molecule has 0 spiro atoms. The fraction of sp³-hybridized carbons (Fsp3) is 0.207. The van der Waals surface area contributed by atoms with Crippen molar-refractivity contribution in [3.8, 4) is 0 Å². The number of para-hydroxylation sites is 2. The van der Waals surface area contributed by atoms with Gasteiger partial charge in [-0.1, -0.05) is 65.4 Å². The van der Waals surface area contributed by atoms with Crippen LogP contribution in [-0.2, 0) is 9.59 Å². The van der Waals surface area contributed by atoms with E-state index in [9.17, 15) is 14.4 Å². The van der Waals surface area contributed by atoms with E-state index in [0.717, 1.165) is 22.4 Å². The molecule has 4 heterocycles. The van der Waals surface area contributed by atoms with Gasteiger partial charge in [-0.05, 0) is 49.2 Å². The number of aromatic nitrogens is 3. The van der Waals surface area contributed by atoms with Gasteiger partial charge in [-0.25, -0.2) is 4.90 Å². The number of hydrogen-bond donors (Lipinski definition) is 0. The van der Waals surface area contributed by atoms with Crippen LogP contribution in [0.1, 0.15) is 21.5 Å². The minimum absolute atomic E-state index is 0.278. The molecule has 2 saturated heterocycles. The van der Waals surface area contributed by atoms with E-state index in [2.05, 4.69) is 10.3 Å².